The number of nitrogens with zero attached hydrogens (tertiary/aromatic N) is 1. The number of rotatable bonds is 5. The number of sulfonamides is 1. The van der Waals surface area contributed by atoms with Crippen molar-refractivity contribution in [2.75, 3.05) is 18.9 Å². The molecule has 18 heavy (non-hydrogen) atoms. The Morgan fingerprint density at radius 3 is 2.61 bits per heavy atom. The zero-order valence-corrected chi connectivity index (χ0v) is 11.3. The molecule has 0 spiro atoms. The molecule has 5 nitrogen and oxygen atoms in total. The van der Waals surface area contributed by atoms with Gasteiger partial charge in [-0.25, -0.2) is 8.42 Å². The van der Waals surface area contributed by atoms with E-state index in [0.29, 0.717) is 5.02 Å². The maximum atomic E-state index is 12.4. The van der Waals surface area contributed by atoms with Crippen LogP contribution < -0.4 is 5.73 Å². The van der Waals surface area contributed by atoms with Gasteiger partial charge in [-0.2, -0.15) is 4.31 Å². The van der Waals surface area contributed by atoms with Crippen molar-refractivity contribution in [2.24, 2.45) is 0 Å². The van der Waals surface area contributed by atoms with Gasteiger partial charge in [-0.3, -0.25) is 0 Å². The Morgan fingerprint density at radius 1 is 1.44 bits per heavy atom. The van der Waals surface area contributed by atoms with Crippen LogP contribution >= 0.6 is 11.6 Å². The zero-order chi connectivity index (χ0) is 13.3. The number of hydrogen-bond acceptors (Lipinski definition) is 4. The lowest BCUT2D eigenvalue weighted by Crippen LogP contribution is -2.35. The van der Waals surface area contributed by atoms with Gasteiger partial charge in [0.1, 0.15) is 0 Å². The highest BCUT2D eigenvalue weighted by atomic mass is 35.5. The van der Waals surface area contributed by atoms with E-state index in [2.05, 4.69) is 0 Å². The number of hydrogen-bond donors (Lipinski definition) is 2. The van der Waals surface area contributed by atoms with Crippen LogP contribution in [0.4, 0.5) is 5.69 Å². The summed E-state index contributed by atoms with van der Waals surface area (Å²) in [7, 11) is -3.60. The summed E-state index contributed by atoms with van der Waals surface area (Å²) in [5.74, 6) is 0. The first-order chi connectivity index (χ1) is 8.46. The molecule has 2 rings (SSSR count). The van der Waals surface area contributed by atoms with Crippen LogP contribution in [0, 0.1) is 0 Å². The third-order valence-electron chi connectivity index (χ3n) is 2.85. The van der Waals surface area contributed by atoms with Gasteiger partial charge in [0.25, 0.3) is 0 Å². The third-order valence-corrected chi connectivity index (χ3v) is 5.14. The smallest absolute Gasteiger partial charge is 0.243 e. The molecule has 0 aliphatic heterocycles. The highest BCUT2D eigenvalue weighted by Crippen LogP contribution is 2.33. The summed E-state index contributed by atoms with van der Waals surface area (Å²) < 4.78 is 26.1. The second-order valence-electron chi connectivity index (χ2n) is 4.25. The molecular formula is C11H15ClN2O3S. The Balaban J connectivity index is 2.36. The van der Waals surface area contributed by atoms with Gasteiger partial charge in [-0.15, -0.1) is 0 Å². The largest absolute Gasteiger partial charge is 0.397 e. The van der Waals surface area contributed by atoms with E-state index in [9.17, 15) is 8.42 Å². The minimum Gasteiger partial charge on any atom is -0.397 e. The average Bonchev–Trinajstić information content (AvgIpc) is 3.13. The second kappa shape index (κ2) is 5.05. The molecule has 1 aromatic carbocycles. The molecule has 0 unspecified atom stereocenters. The molecule has 1 aliphatic carbocycles. The molecule has 1 fully saturated rings. The Kier molecular flexibility index (Phi) is 3.82. The summed E-state index contributed by atoms with van der Waals surface area (Å²) in [6.45, 7) is -0.0890. The highest BCUT2D eigenvalue weighted by Gasteiger charge is 2.37. The van der Waals surface area contributed by atoms with E-state index in [-0.39, 0.29) is 29.8 Å². The van der Waals surface area contributed by atoms with E-state index < -0.39 is 10.0 Å². The highest BCUT2D eigenvalue weighted by molar-refractivity contribution is 7.89. The Labute approximate surface area is 111 Å². The molecule has 1 aliphatic rings. The molecule has 0 atom stereocenters. The van der Waals surface area contributed by atoms with Crippen LogP contribution in [-0.4, -0.2) is 37.0 Å². The van der Waals surface area contributed by atoms with Gasteiger partial charge in [0, 0.05) is 12.6 Å². The summed E-state index contributed by atoms with van der Waals surface area (Å²) in [4.78, 5) is 0.116. The molecule has 0 radical (unpaired) electrons. The van der Waals surface area contributed by atoms with Gasteiger partial charge < -0.3 is 10.8 Å². The van der Waals surface area contributed by atoms with Crippen molar-refractivity contribution in [3.8, 4) is 0 Å². The number of aliphatic hydroxyl groups excluding tert-OH is 1. The monoisotopic (exact) mass is 290 g/mol. The number of anilines is 1. The topological polar surface area (TPSA) is 83.6 Å². The molecule has 1 saturated carbocycles. The van der Waals surface area contributed by atoms with E-state index in [4.69, 9.17) is 22.4 Å². The predicted molar refractivity (Wildman–Crippen MR) is 69.9 cm³/mol. The summed E-state index contributed by atoms with van der Waals surface area (Å²) >= 11 is 5.77. The molecular weight excluding hydrogens is 276 g/mol. The second-order valence-corrected chi connectivity index (χ2v) is 6.55. The quantitative estimate of drug-likeness (QED) is 0.795. The molecule has 1 aromatic rings. The third kappa shape index (κ3) is 2.61. The summed E-state index contributed by atoms with van der Waals surface area (Å²) in [5, 5.41) is 9.30. The minimum absolute atomic E-state index is 0.000877. The zero-order valence-electron chi connectivity index (χ0n) is 9.71. The van der Waals surface area contributed by atoms with Gasteiger partial charge in [0.2, 0.25) is 10.0 Å². The van der Waals surface area contributed by atoms with E-state index in [1.807, 2.05) is 0 Å². The number of benzene rings is 1. The number of nitrogens with two attached hydrogens (primary N) is 1. The average molecular weight is 291 g/mol. The lowest BCUT2D eigenvalue weighted by molar-refractivity contribution is 0.250. The molecule has 0 bridgehead atoms. The molecule has 100 valence electrons. The maximum Gasteiger partial charge on any atom is 0.243 e. The molecule has 7 heteroatoms. The van der Waals surface area contributed by atoms with Crippen molar-refractivity contribution in [3.63, 3.8) is 0 Å². The fourth-order valence-corrected chi connectivity index (χ4v) is 3.61. The Morgan fingerprint density at radius 2 is 2.11 bits per heavy atom. The maximum absolute atomic E-state index is 12.4. The van der Waals surface area contributed by atoms with Gasteiger partial charge in [0.05, 0.1) is 22.2 Å². The first-order valence-electron chi connectivity index (χ1n) is 5.64. The summed E-state index contributed by atoms with van der Waals surface area (Å²) in [6.07, 6.45) is 1.67. The van der Waals surface area contributed by atoms with Crippen LogP contribution in [0.25, 0.3) is 0 Å². The predicted octanol–water partition coefficient (Wildman–Crippen LogP) is 1.07. The van der Waals surface area contributed by atoms with Crippen LogP contribution in [0.3, 0.4) is 0 Å². The van der Waals surface area contributed by atoms with E-state index in [1.54, 1.807) is 0 Å². The van der Waals surface area contributed by atoms with Crippen LogP contribution in [0.15, 0.2) is 23.1 Å². The van der Waals surface area contributed by atoms with Crippen molar-refractivity contribution in [1.29, 1.82) is 0 Å². The van der Waals surface area contributed by atoms with Crippen LogP contribution in [-0.2, 0) is 10.0 Å². The van der Waals surface area contributed by atoms with Crippen molar-refractivity contribution in [2.45, 2.75) is 23.8 Å². The van der Waals surface area contributed by atoms with E-state index in [0.717, 1.165) is 12.8 Å². The SMILES string of the molecule is Nc1cc(S(=O)(=O)N(CCO)C2CC2)ccc1Cl. The molecule has 0 amide bonds. The molecule has 0 saturated heterocycles. The summed E-state index contributed by atoms with van der Waals surface area (Å²) in [5.41, 5.74) is 5.85. The van der Waals surface area contributed by atoms with E-state index >= 15 is 0 Å². The fraction of sp³-hybridized carbons (Fsp3) is 0.455. The van der Waals surface area contributed by atoms with Crippen molar-refractivity contribution < 1.29 is 13.5 Å². The molecule has 0 aromatic heterocycles. The van der Waals surface area contributed by atoms with Gasteiger partial charge in [-0.05, 0) is 31.0 Å². The van der Waals surface area contributed by atoms with Gasteiger partial charge in [-0.1, -0.05) is 11.6 Å². The van der Waals surface area contributed by atoms with Crippen molar-refractivity contribution >= 4 is 27.3 Å². The Hall–Kier alpha value is -0.820. The lowest BCUT2D eigenvalue weighted by atomic mass is 10.3. The molecule has 3 N–H and O–H groups in total. The number of halogens is 1. The van der Waals surface area contributed by atoms with Crippen molar-refractivity contribution in [1.82, 2.24) is 4.31 Å². The Bertz CT molecular complexity index is 543. The summed E-state index contributed by atoms with van der Waals surface area (Å²) in [6, 6.07) is 4.25. The van der Waals surface area contributed by atoms with Crippen LogP contribution in [0.1, 0.15) is 12.8 Å². The fourth-order valence-electron chi connectivity index (χ4n) is 1.78. The van der Waals surface area contributed by atoms with Gasteiger partial charge >= 0.3 is 0 Å². The molecule has 0 heterocycles. The minimum atomic E-state index is -3.60. The first-order valence-corrected chi connectivity index (χ1v) is 7.46. The van der Waals surface area contributed by atoms with Crippen LogP contribution in [0.2, 0.25) is 5.02 Å². The van der Waals surface area contributed by atoms with Gasteiger partial charge in [0.15, 0.2) is 0 Å². The standard InChI is InChI=1S/C11H15ClN2O3S/c12-10-4-3-9(7-11(10)13)18(16,17)14(5-6-15)8-1-2-8/h3-4,7-8,15H,1-2,5-6,13H2. The number of nitrogen functional groups attached to an aromatic ring is 1. The number of aliphatic hydroxyl groups is 1. The first kappa shape index (κ1) is 13.6. The van der Waals surface area contributed by atoms with Crippen LogP contribution in [0.5, 0.6) is 0 Å². The van der Waals surface area contributed by atoms with E-state index in [1.165, 1.54) is 22.5 Å². The lowest BCUT2D eigenvalue weighted by Gasteiger charge is -2.21. The van der Waals surface area contributed by atoms with Crippen molar-refractivity contribution in [3.05, 3.63) is 23.2 Å². The normalized spacial score (nSPS) is 16.2.